The van der Waals surface area contributed by atoms with Crippen molar-refractivity contribution in [3.8, 4) is 17.3 Å². The highest BCUT2D eigenvalue weighted by molar-refractivity contribution is 5.91. The third kappa shape index (κ3) is 3.88. The lowest BCUT2D eigenvalue weighted by molar-refractivity contribution is 0.0526. The number of hydrogen-bond acceptors (Lipinski definition) is 5. The Balaban J connectivity index is 2.02. The van der Waals surface area contributed by atoms with Crippen LogP contribution in [0.2, 0.25) is 0 Å². The van der Waals surface area contributed by atoms with Crippen molar-refractivity contribution in [2.75, 3.05) is 6.54 Å². The zero-order valence-corrected chi connectivity index (χ0v) is 15.9. The molecule has 1 aromatic carbocycles. The largest absolute Gasteiger partial charge is 0.444 e. The monoisotopic (exact) mass is 379 g/mol. The first kappa shape index (κ1) is 19.2. The average Bonchev–Trinajstić information content (AvgIpc) is 2.96. The molecule has 2 N–H and O–H groups in total. The molecule has 144 valence electrons. The molecule has 0 spiro atoms. The highest BCUT2D eigenvalue weighted by Gasteiger charge is 2.22. The maximum Gasteiger partial charge on any atom is 0.407 e. The highest BCUT2D eigenvalue weighted by atomic mass is 16.6. The van der Waals surface area contributed by atoms with Crippen molar-refractivity contribution < 1.29 is 9.53 Å². The van der Waals surface area contributed by atoms with E-state index in [1.54, 1.807) is 25.3 Å². The van der Waals surface area contributed by atoms with Gasteiger partial charge >= 0.3 is 6.09 Å². The van der Waals surface area contributed by atoms with E-state index in [1.165, 1.54) is 6.33 Å². The van der Waals surface area contributed by atoms with Crippen molar-refractivity contribution >= 4 is 17.1 Å². The van der Waals surface area contributed by atoms with Gasteiger partial charge < -0.3 is 19.6 Å². The van der Waals surface area contributed by atoms with Gasteiger partial charge in [0.1, 0.15) is 28.3 Å². The predicted molar refractivity (Wildman–Crippen MR) is 105 cm³/mol. The molecule has 0 radical (unpaired) electrons. The number of H-pyrrole nitrogens is 1. The first-order valence-corrected chi connectivity index (χ1v) is 8.84. The third-order valence-electron chi connectivity index (χ3n) is 4.00. The van der Waals surface area contributed by atoms with Crippen molar-refractivity contribution in [3.63, 3.8) is 0 Å². The second-order valence-corrected chi connectivity index (χ2v) is 7.21. The summed E-state index contributed by atoms with van der Waals surface area (Å²) in [7, 11) is 0. The Morgan fingerprint density at radius 3 is 2.68 bits per heavy atom. The molecule has 2 heterocycles. The Morgan fingerprint density at radius 2 is 2.04 bits per heavy atom. The number of carbonyl (C=O) groups excluding carboxylic acids is 1. The minimum absolute atomic E-state index is 0.220. The number of hydrogen-bond donors (Lipinski definition) is 2. The fraction of sp³-hybridized carbons (Fsp3) is 0.300. The van der Waals surface area contributed by atoms with Crippen LogP contribution in [0.1, 0.15) is 26.3 Å². The molecule has 0 atom stereocenters. The van der Waals surface area contributed by atoms with Gasteiger partial charge in [-0.25, -0.2) is 9.78 Å². The van der Waals surface area contributed by atoms with Crippen LogP contribution in [0.15, 0.2) is 41.5 Å². The molecule has 0 saturated heterocycles. The predicted octanol–water partition coefficient (Wildman–Crippen LogP) is 2.79. The minimum Gasteiger partial charge on any atom is -0.444 e. The average molecular weight is 379 g/mol. The van der Waals surface area contributed by atoms with Gasteiger partial charge in [0.05, 0.1) is 12.0 Å². The summed E-state index contributed by atoms with van der Waals surface area (Å²) in [6.45, 7) is 5.84. The van der Waals surface area contributed by atoms with Gasteiger partial charge in [-0.2, -0.15) is 5.26 Å². The first-order valence-electron chi connectivity index (χ1n) is 8.84. The van der Waals surface area contributed by atoms with Gasteiger partial charge in [-0.1, -0.05) is 30.3 Å². The van der Waals surface area contributed by atoms with Gasteiger partial charge in [-0.15, -0.1) is 0 Å². The van der Waals surface area contributed by atoms with Crippen LogP contribution < -0.4 is 10.9 Å². The van der Waals surface area contributed by atoms with Crippen LogP contribution in [-0.2, 0) is 11.3 Å². The Labute approximate surface area is 161 Å². The summed E-state index contributed by atoms with van der Waals surface area (Å²) >= 11 is 0. The van der Waals surface area contributed by atoms with E-state index >= 15 is 0 Å². The summed E-state index contributed by atoms with van der Waals surface area (Å²) in [4.78, 5) is 31.1. The Morgan fingerprint density at radius 1 is 1.32 bits per heavy atom. The summed E-state index contributed by atoms with van der Waals surface area (Å²) in [5.74, 6) is 0. The fourth-order valence-electron chi connectivity index (χ4n) is 2.99. The molecule has 0 unspecified atom stereocenters. The van der Waals surface area contributed by atoms with Crippen molar-refractivity contribution in [2.45, 2.75) is 32.9 Å². The summed E-state index contributed by atoms with van der Waals surface area (Å²) in [5.41, 5.74) is 1.38. The summed E-state index contributed by atoms with van der Waals surface area (Å²) in [6.07, 6.45) is 0.738. The van der Waals surface area contributed by atoms with E-state index in [4.69, 9.17) is 4.74 Å². The van der Waals surface area contributed by atoms with E-state index in [9.17, 15) is 14.9 Å². The molecule has 1 amide bonds. The number of aromatic nitrogens is 3. The first-order chi connectivity index (χ1) is 13.3. The molecule has 3 rings (SSSR count). The molecule has 0 aliphatic carbocycles. The SMILES string of the molecule is CC(C)(C)OC(=O)NCCn1c(-c2ccccc2)c(C#N)c2nc[nH]c(=O)c21. The standard InChI is InChI=1S/C20H21N5O3/c1-20(2,3)28-19(27)22-9-10-25-16(13-7-5-4-6-8-13)14(11-21)15-17(25)18(26)24-12-23-15/h4-8,12H,9-10H2,1-3H3,(H,22,27)(H,23,24,26). The number of rotatable bonds is 4. The molecular weight excluding hydrogens is 358 g/mol. The number of amides is 1. The van der Waals surface area contributed by atoms with E-state index in [2.05, 4.69) is 21.4 Å². The number of alkyl carbamates (subject to hydrolysis) is 1. The van der Waals surface area contributed by atoms with Gasteiger partial charge in [-0.3, -0.25) is 4.79 Å². The Hall–Kier alpha value is -3.60. The topological polar surface area (TPSA) is 113 Å². The number of aromatic amines is 1. The number of nitrogens with zero attached hydrogens (tertiary/aromatic N) is 3. The molecule has 3 aromatic rings. The van der Waals surface area contributed by atoms with Crippen LogP contribution in [0.3, 0.4) is 0 Å². The molecule has 0 aliphatic rings. The van der Waals surface area contributed by atoms with Gasteiger partial charge in [-0.05, 0) is 26.3 Å². The zero-order valence-electron chi connectivity index (χ0n) is 15.9. The number of ether oxygens (including phenoxy) is 1. The van der Waals surface area contributed by atoms with E-state index in [0.717, 1.165) is 5.56 Å². The molecule has 0 bridgehead atoms. The van der Waals surface area contributed by atoms with Crippen LogP contribution in [-0.4, -0.2) is 32.8 Å². The summed E-state index contributed by atoms with van der Waals surface area (Å²) in [5, 5.41) is 12.4. The maximum absolute atomic E-state index is 12.5. The van der Waals surface area contributed by atoms with Crippen LogP contribution >= 0.6 is 0 Å². The van der Waals surface area contributed by atoms with Gasteiger partial charge in [0.25, 0.3) is 5.56 Å². The molecule has 8 heteroatoms. The molecule has 2 aromatic heterocycles. The smallest absolute Gasteiger partial charge is 0.407 e. The number of carbonyl (C=O) groups is 1. The van der Waals surface area contributed by atoms with Gasteiger partial charge in [0, 0.05) is 13.1 Å². The summed E-state index contributed by atoms with van der Waals surface area (Å²) < 4.78 is 6.95. The van der Waals surface area contributed by atoms with Crippen LogP contribution in [0.4, 0.5) is 4.79 Å². The zero-order chi connectivity index (χ0) is 20.3. The normalized spacial score (nSPS) is 11.2. The second kappa shape index (κ2) is 7.56. The molecular formula is C20H21N5O3. The van der Waals surface area contributed by atoms with Crippen molar-refractivity contribution in [1.29, 1.82) is 5.26 Å². The van der Waals surface area contributed by atoms with Crippen molar-refractivity contribution in [1.82, 2.24) is 19.9 Å². The third-order valence-corrected chi connectivity index (χ3v) is 4.00. The molecule has 0 aliphatic heterocycles. The number of nitriles is 1. The van der Waals surface area contributed by atoms with Gasteiger partial charge in [0.2, 0.25) is 0 Å². The van der Waals surface area contributed by atoms with Crippen LogP contribution in [0, 0.1) is 11.3 Å². The Bertz CT molecular complexity index is 1100. The lowest BCUT2D eigenvalue weighted by Crippen LogP contribution is -2.34. The second-order valence-electron chi connectivity index (χ2n) is 7.21. The van der Waals surface area contributed by atoms with Crippen molar-refractivity contribution in [2.24, 2.45) is 0 Å². The quantitative estimate of drug-likeness (QED) is 0.724. The lowest BCUT2D eigenvalue weighted by atomic mass is 10.1. The highest BCUT2D eigenvalue weighted by Crippen LogP contribution is 2.30. The van der Waals surface area contributed by atoms with E-state index in [-0.39, 0.29) is 18.6 Å². The molecule has 28 heavy (non-hydrogen) atoms. The number of nitrogens with one attached hydrogen (secondary N) is 2. The van der Waals surface area contributed by atoms with Gasteiger partial charge in [0.15, 0.2) is 0 Å². The van der Waals surface area contributed by atoms with Crippen molar-refractivity contribution in [3.05, 3.63) is 52.6 Å². The Kier molecular flexibility index (Phi) is 5.18. The van der Waals surface area contributed by atoms with E-state index in [0.29, 0.717) is 22.3 Å². The minimum atomic E-state index is -0.603. The van der Waals surface area contributed by atoms with Crippen LogP contribution in [0.5, 0.6) is 0 Å². The molecule has 0 fully saturated rings. The van der Waals surface area contributed by atoms with E-state index in [1.807, 2.05) is 30.3 Å². The lowest BCUT2D eigenvalue weighted by Gasteiger charge is -2.20. The maximum atomic E-state index is 12.5. The molecule has 0 saturated carbocycles. The number of benzene rings is 1. The fourth-order valence-corrected chi connectivity index (χ4v) is 2.99. The summed E-state index contributed by atoms with van der Waals surface area (Å²) in [6, 6.07) is 11.5. The number of fused-ring (bicyclic) bond motifs is 1. The van der Waals surface area contributed by atoms with E-state index < -0.39 is 11.7 Å². The van der Waals surface area contributed by atoms with Crippen LogP contribution in [0.25, 0.3) is 22.3 Å². The molecule has 8 nitrogen and oxygen atoms in total.